The molecular formula is C14H13F3N2. The topological polar surface area (TPSA) is 24.9 Å². The third-order valence-corrected chi connectivity index (χ3v) is 2.66. The summed E-state index contributed by atoms with van der Waals surface area (Å²) >= 11 is 0. The van der Waals surface area contributed by atoms with Crippen molar-refractivity contribution in [3.8, 4) is 0 Å². The van der Waals surface area contributed by atoms with E-state index in [0.29, 0.717) is 12.6 Å². The van der Waals surface area contributed by atoms with Crippen molar-refractivity contribution < 1.29 is 13.2 Å². The molecule has 100 valence electrons. The number of pyridine rings is 1. The SMILES string of the molecule is Cc1cccc(CNCc2cc(F)c(F)cc2F)n1. The second-order valence-electron chi connectivity index (χ2n) is 4.23. The molecule has 19 heavy (non-hydrogen) atoms. The molecule has 0 bridgehead atoms. The zero-order valence-electron chi connectivity index (χ0n) is 10.4. The average Bonchev–Trinajstić information content (AvgIpc) is 2.35. The minimum Gasteiger partial charge on any atom is -0.307 e. The molecular weight excluding hydrogens is 253 g/mol. The van der Waals surface area contributed by atoms with Crippen LogP contribution in [-0.2, 0) is 13.1 Å². The Kier molecular flexibility index (Phi) is 4.16. The molecule has 0 amide bonds. The summed E-state index contributed by atoms with van der Waals surface area (Å²) in [4.78, 5) is 4.27. The number of hydrogen-bond acceptors (Lipinski definition) is 2. The summed E-state index contributed by atoms with van der Waals surface area (Å²) in [6, 6.07) is 7.00. The lowest BCUT2D eigenvalue weighted by atomic mass is 10.2. The number of hydrogen-bond donors (Lipinski definition) is 1. The lowest BCUT2D eigenvalue weighted by Crippen LogP contribution is -2.15. The molecule has 1 heterocycles. The van der Waals surface area contributed by atoms with E-state index >= 15 is 0 Å². The van der Waals surface area contributed by atoms with Crippen molar-refractivity contribution in [3.63, 3.8) is 0 Å². The summed E-state index contributed by atoms with van der Waals surface area (Å²) in [6.07, 6.45) is 0. The van der Waals surface area contributed by atoms with Crippen molar-refractivity contribution in [3.05, 3.63) is 64.7 Å². The number of halogens is 3. The maximum absolute atomic E-state index is 13.4. The molecule has 0 aliphatic carbocycles. The van der Waals surface area contributed by atoms with Crippen molar-refractivity contribution in [1.29, 1.82) is 0 Å². The van der Waals surface area contributed by atoms with E-state index in [1.807, 2.05) is 25.1 Å². The number of nitrogens with zero attached hydrogens (tertiary/aromatic N) is 1. The lowest BCUT2D eigenvalue weighted by Gasteiger charge is -2.07. The van der Waals surface area contributed by atoms with Gasteiger partial charge in [-0.2, -0.15) is 0 Å². The van der Waals surface area contributed by atoms with Crippen LogP contribution in [0.15, 0.2) is 30.3 Å². The fourth-order valence-corrected chi connectivity index (χ4v) is 1.72. The summed E-state index contributed by atoms with van der Waals surface area (Å²) < 4.78 is 39.1. The molecule has 1 N–H and O–H groups in total. The van der Waals surface area contributed by atoms with Crippen LogP contribution in [-0.4, -0.2) is 4.98 Å². The van der Waals surface area contributed by atoms with Gasteiger partial charge in [0.05, 0.1) is 5.69 Å². The molecule has 0 aliphatic rings. The number of rotatable bonds is 4. The van der Waals surface area contributed by atoms with Gasteiger partial charge >= 0.3 is 0 Å². The van der Waals surface area contributed by atoms with Gasteiger partial charge in [-0.1, -0.05) is 6.07 Å². The molecule has 0 radical (unpaired) electrons. The zero-order valence-corrected chi connectivity index (χ0v) is 10.4. The Balaban J connectivity index is 1.98. The Labute approximate surface area is 109 Å². The van der Waals surface area contributed by atoms with Crippen LogP contribution < -0.4 is 5.32 Å². The maximum atomic E-state index is 13.4. The van der Waals surface area contributed by atoms with Crippen LogP contribution in [0.5, 0.6) is 0 Å². The van der Waals surface area contributed by atoms with Gasteiger partial charge in [-0.15, -0.1) is 0 Å². The van der Waals surface area contributed by atoms with Crippen LogP contribution in [0.3, 0.4) is 0 Å². The van der Waals surface area contributed by atoms with E-state index in [1.54, 1.807) is 0 Å². The van der Waals surface area contributed by atoms with Gasteiger partial charge in [0.1, 0.15) is 5.82 Å². The Morgan fingerprint density at radius 2 is 1.74 bits per heavy atom. The first-order valence-electron chi connectivity index (χ1n) is 5.83. The number of aromatic nitrogens is 1. The van der Waals surface area contributed by atoms with Gasteiger partial charge in [-0.05, 0) is 25.1 Å². The van der Waals surface area contributed by atoms with E-state index in [1.165, 1.54) is 0 Å². The van der Waals surface area contributed by atoms with Crippen LogP contribution >= 0.6 is 0 Å². The Bertz CT molecular complexity index is 585. The fourth-order valence-electron chi connectivity index (χ4n) is 1.72. The highest BCUT2D eigenvalue weighted by Gasteiger charge is 2.09. The third-order valence-electron chi connectivity index (χ3n) is 2.66. The lowest BCUT2D eigenvalue weighted by molar-refractivity contribution is 0.486. The fraction of sp³-hybridized carbons (Fsp3) is 0.214. The first-order chi connectivity index (χ1) is 9.06. The molecule has 2 rings (SSSR count). The molecule has 2 nitrogen and oxygen atoms in total. The molecule has 0 saturated carbocycles. The average molecular weight is 266 g/mol. The third kappa shape index (κ3) is 3.54. The van der Waals surface area contributed by atoms with Crippen LogP contribution in [0, 0.1) is 24.4 Å². The van der Waals surface area contributed by atoms with E-state index < -0.39 is 17.5 Å². The van der Waals surface area contributed by atoms with E-state index in [0.717, 1.165) is 17.5 Å². The summed E-state index contributed by atoms with van der Waals surface area (Å²) in [7, 11) is 0. The van der Waals surface area contributed by atoms with Crippen LogP contribution in [0.25, 0.3) is 0 Å². The molecule has 0 spiro atoms. The quantitative estimate of drug-likeness (QED) is 0.860. The standard InChI is InChI=1S/C14H13F3N2/c1-9-3-2-4-11(19-9)8-18-7-10-5-13(16)14(17)6-12(10)15/h2-6,18H,7-8H2,1H3. The molecule has 0 unspecified atom stereocenters. The predicted molar refractivity (Wildman–Crippen MR) is 65.8 cm³/mol. The summed E-state index contributed by atoms with van der Waals surface area (Å²) in [6.45, 7) is 2.41. The van der Waals surface area contributed by atoms with Gasteiger partial charge in [-0.3, -0.25) is 4.98 Å². The van der Waals surface area contributed by atoms with Gasteiger partial charge < -0.3 is 5.32 Å². The highest BCUT2D eigenvalue weighted by atomic mass is 19.2. The van der Waals surface area contributed by atoms with E-state index in [-0.39, 0.29) is 12.1 Å². The maximum Gasteiger partial charge on any atom is 0.161 e. The summed E-state index contributed by atoms with van der Waals surface area (Å²) in [5.74, 6) is -2.99. The molecule has 1 aromatic heterocycles. The number of nitrogens with one attached hydrogen (secondary N) is 1. The minimum atomic E-state index is -1.18. The van der Waals surface area contributed by atoms with Crippen molar-refractivity contribution in [2.45, 2.75) is 20.0 Å². The molecule has 1 aromatic carbocycles. The minimum absolute atomic E-state index is 0.0894. The van der Waals surface area contributed by atoms with Gasteiger partial charge in [0.25, 0.3) is 0 Å². The number of aryl methyl sites for hydroxylation is 1. The Hall–Kier alpha value is -1.88. The summed E-state index contributed by atoms with van der Waals surface area (Å²) in [5.41, 5.74) is 1.79. The molecule has 0 aliphatic heterocycles. The van der Waals surface area contributed by atoms with Gasteiger partial charge in [0.15, 0.2) is 11.6 Å². The van der Waals surface area contributed by atoms with Gasteiger partial charge in [0.2, 0.25) is 0 Å². The second kappa shape index (κ2) is 5.84. The smallest absolute Gasteiger partial charge is 0.161 e. The molecule has 5 heteroatoms. The Morgan fingerprint density at radius 1 is 1.00 bits per heavy atom. The second-order valence-corrected chi connectivity index (χ2v) is 4.23. The molecule has 0 fully saturated rings. The van der Waals surface area contributed by atoms with Gasteiger partial charge in [0, 0.05) is 30.4 Å². The number of benzene rings is 1. The van der Waals surface area contributed by atoms with Crippen molar-refractivity contribution >= 4 is 0 Å². The van der Waals surface area contributed by atoms with Crippen molar-refractivity contribution in [1.82, 2.24) is 10.3 Å². The highest BCUT2D eigenvalue weighted by Crippen LogP contribution is 2.13. The predicted octanol–water partition coefficient (Wildman–Crippen LogP) is 3.10. The highest BCUT2D eigenvalue weighted by molar-refractivity contribution is 5.20. The van der Waals surface area contributed by atoms with Crippen LogP contribution in [0.2, 0.25) is 0 Å². The van der Waals surface area contributed by atoms with E-state index in [9.17, 15) is 13.2 Å². The van der Waals surface area contributed by atoms with E-state index in [2.05, 4.69) is 10.3 Å². The van der Waals surface area contributed by atoms with E-state index in [4.69, 9.17) is 0 Å². The molecule has 2 aromatic rings. The normalized spacial score (nSPS) is 10.7. The van der Waals surface area contributed by atoms with Crippen molar-refractivity contribution in [2.75, 3.05) is 0 Å². The first-order valence-corrected chi connectivity index (χ1v) is 5.83. The largest absolute Gasteiger partial charge is 0.307 e. The Morgan fingerprint density at radius 3 is 2.47 bits per heavy atom. The van der Waals surface area contributed by atoms with Crippen LogP contribution in [0.1, 0.15) is 17.0 Å². The van der Waals surface area contributed by atoms with Gasteiger partial charge in [-0.25, -0.2) is 13.2 Å². The van der Waals surface area contributed by atoms with Crippen molar-refractivity contribution in [2.24, 2.45) is 0 Å². The first kappa shape index (κ1) is 13.5. The molecule has 0 atom stereocenters. The zero-order chi connectivity index (χ0) is 13.8. The molecule has 0 saturated heterocycles. The summed E-state index contributed by atoms with van der Waals surface area (Å²) in [5, 5.41) is 2.94. The monoisotopic (exact) mass is 266 g/mol. The van der Waals surface area contributed by atoms with Crippen LogP contribution in [0.4, 0.5) is 13.2 Å².